The molecule has 2 rings (SSSR count). The van der Waals surface area contributed by atoms with Gasteiger partial charge in [-0.15, -0.1) is 0 Å². The molecule has 0 unspecified atom stereocenters. The average Bonchev–Trinajstić information content (AvgIpc) is 2.49. The van der Waals surface area contributed by atoms with Crippen molar-refractivity contribution in [3.05, 3.63) is 35.1 Å². The van der Waals surface area contributed by atoms with E-state index in [0.717, 1.165) is 0 Å². The second-order valence-electron chi connectivity index (χ2n) is 5.08. The maximum atomic E-state index is 13.2. The lowest BCUT2D eigenvalue weighted by atomic mass is 10.0. The normalized spacial score (nSPS) is 18.1. The molecule has 20 heavy (non-hydrogen) atoms. The van der Waals surface area contributed by atoms with Crippen molar-refractivity contribution in [3.63, 3.8) is 0 Å². The van der Waals surface area contributed by atoms with E-state index in [0.29, 0.717) is 37.1 Å². The van der Waals surface area contributed by atoms with E-state index in [1.54, 1.807) is 32.1 Å². The highest BCUT2D eigenvalue weighted by Crippen LogP contribution is 2.27. The highest BCUT2D eigenvalue weighted by atomic mass is 19.1. The summed E-state index contributed by atoms with van der Waals surface area (Å²) in [6.07, 6.45) is 1.26. The van der Waals surface area contributed by atoms with Crippen LogP contribution in [0.25, 0.3) is 0 Å². The quantitative estimate of drug-likeness (QED) is 0.798. The first-order valence-corrected chi connectivity index (χ1v) is 6.67. The minimum absolute atomic E-state index is 0.0751. The van der Waals surface area contributed by atoms with Gasteiger partial charge in [0, 0.05) is 45.7 Å². The van der Waals surface area contributed by atoms with Gasteiger partial charge in [0.25, 0.3) is 5.91 Å². The fourth-order valence-corrected chi connectivity index (χ4v) is 2.50. The fourth-order valence-electron chi connectivity index (χ4n) is 2.50. The molecule has 0 spiro atoms. The lowest BCUT2D eigenvalue weighted by molar-refractivity contribution is -0.226. The molecule has 1 aliphatic rings. The number of rotatable bonds is 3. The Morgan fingerprint density at radius 2 is 1.85 bits per heavy atom. The summed E-state index contributed by atoms with van der Waals surface area (Å²) in [5, 5.41) is 0. The number of halogens is 1. The summed E-state index contributed by atoms with van der Waals surface area (Å²) in [6, 6.07) is 4.45. The van der Waals surface area contributed by atoms with E-state index in [2.05, 4.69) is 0 Å². The second kappa shape index (κ2) is 5.89. The number of ether oxygens (including phenoxy) is 2. The van der Waals surface area contributed by atoms with Crippen LogP contribution in [0.3, 0.4) is 0 Å². The van der Waals surface area contributed by atoms with Crippen molar-refractivity contribution in [3.8, 4) is 0 Å². The van der Waals surface area contributed by atoms with Gasteiger partial charge in [-0.25, -0.2) is 4.39 Å². The van der Waals surface area contributed by atoms with Crippen molar-refractivity contribution in [1.82, 2.24) is 4.90 Å². The number of aryl methyl sites for hydroxylation is 1. The summed E-state index contributed by atoms with van der Waals surface area (Å²) in [7, 11) is 3.23. The Hall–Kier alpha value is -1.46. The molecule has 1 aliphatic heterocycles. The summed E-state index contributed by atoms with van der Waals surface area (Å²) < 4.78 is 24.0. The largest absolute Gasteiger partial charge is 0.353 e. The molecule has 0 aliphatic carbocycles. The van der Waals surface area contributed by atoms with Gasteiger partial charge in [-0.2, -0.15) is 0 Å². The van der Waals surface area contributed by atoms with E-state index in [4.69, 9.17) is 9.47 Å². The number of hydrogen-bond donors (Lipinski definition) is 0. The molecular weight excluding hydrogens is 261 g/mol. The summed E-state index contributed by atoms with van der Waals surface area (Å²) in [6.45, 7) is 2.79. The Balaban J connectivity index is 2.06. The third-order valence-electron chi connectivity index (χ3n) is 3.96. The number of carbonyl (C=O) groups is 1. The molecule has 1 heterocycles. The molecule has 1 aromatic rings. The number of amides is 1. The zero-order chi connectivity index (χ0) is 14.8. The highest BCUT2D eigenvalue weighted by molar-refractivity contribution is 5.94. The zero-order valence-corrected chi connectivity index (χ0v) is 12.1. The molecule has 0 saturated carbocycles. The van der Waals surface area contributed by atoms with Crippen LogP contribution in [0.2, 0.25) is 0 Å². The van der Waals surface area contributed by atoms with Crippen molar-refractivity contribution >= 4 is 5.91 Å². The van der Waals surface area contributed by atoms with Crippen LogP contribution in [0.4, 0.5) is 4.39 Å². The summed E-state index contributed by atoms with van der Waals surface area (Å²) in [4.78, 5) is 14.1. The molecule has 0 atom stereocenters. The standard InChI is InChI=1S/C15H20FNO3/c1-11-10-12(4-5-13(11)16)14(18)17-8-6-15(19-2,20-3)7-9-17/h4-5,10H,6-9H2,1-3H3. The van der Waals surface area contributed by atoms with E-state index >= 15 is 0 Å². The number of likely N-dealkylation sites (tertiary alicyclic amines) is 1. The maximum absolute atomic E-state index is 13.2. The number of carbonyl (C=O) groups excluding carboxylic acids is 1. The van der Waals surface area contributed by atoms with Gasteiger partial charge in [0.1, 0.15) is 5.82 Å². The SMILES string of the molecule is COC1(OC)CCN(C(=O)c2ccc(F)c(C)c2)CC1. The van der Waals surface area contributed by atoms with Crippen molar-refractivity contribution < 1.29 is 18.7 Å². The van der Waals surface area contributed by atoms with Gasteiger partial charge in [0.2, 0.25) is 0 Å². The van der Waals surface area contributed by atoms with Crippen molar-refractivity contribution in [2.45, 2.75) is 25.6 Å². The van der Waals surface area contributed by atoms with Gasteiger partial charge in [-0.1, -0.05) is 0 Å². The monoisotopic (exact) mass is 281 g/mol. The van der Waals surface area contributed by atoms with Crippen LogP contribution in [0.5, 0.6) is 0 Å². The Kier molecular flexibility index (Phi) is 4.40. The minimum atomic E-state index is -0.588. The molecule has 1 saturated heterocycles. The first-order valence-electron chi connectivity index (χ1n) is 6.67. The van der Waals surface area contributed by atoms with E-state index in [1.165, 1.54) is 12.1 Å². The zero-order valence-electron chi connectivity index (χ0n) is 12.1. The first-order chi connectivity index (χ1) is 9.51. The van der Waals surface area contributed by atoms with Crippen LogP contribution in [0.15, 0.2) is 18.2 Å². The lowest BCUT2D eigenvalue weighted by Crippen LogP contribution is -2.48. The van der Waals surface area contributed by atoms with E-state index < -0.39 is 5.79 Å². The third kappa shape index (κ3) is 2.83. The van der Waals surface area contributed by atoms with E-state index in [9.17, 15) is 9.18 Å². The predicted molar refractivity (Wildman–Crippen MR) is 73.0 cm³/mol. The predicted octanol–water partition coefficient (Wildman–Crippen LogP) is 2.36. The van der Waals surface area contributed by atoms with Crippen molar-refractivity contribution in [2.75, 3.05) is 27.3 Å². The fraction of sp³-hybridized carbons (Fsp3) is 0.533. The molecule has 0 aromatic heterocycles. The van der Waals surface area contributed by atoms with E-state index in [-0.39, 0.29) is 11.7 Å². The Labute approximate surface area is 118 Å². The Morgan fingerprint density at radius 3 is 2.35 bits per heavy atom. The molecule has 1 aromatic carbocycles. The van der Waals surface area contributed by atoms with Crippen LogP contribution >= 0.6 is 0 Å². The number of nitrogens with zero attached hydrogens (tertiary/aromatic N) is 1. The van der Waals surface area contributed by atoms with Gasteiger partial charge >= 0.3 is 0 Å². The smallest absolute Gasteiger partial charge is 0.253 e. The van der Waals surface area contributed by atoms with Gasteiger partial charge in [0.15, 0.2) is 5.79 Å². The Bertz CT molecular complexity index is 490. The topological polar surface area (TPSA) is 38.8 Å². The van der Waals surface area contributed by atoms with Crippen molar-refractivity contribution in [2.24, 2.45) is 0 Å². The molecular formula is C15H20FNO3. The minimum Gasteiger partial charge on any atom is -0.353 e. The number of methoxy groups -OCH3 is 2. The number of benzene rings is 1. The second-order valence-corrected chi connectivity index (χ2v) is 5.08. The van der Waals surface area contributed by atoms with Crippen LogP contribution < -0.4 is 0 Å². The molecule has 0 radical (unpaired) electrons. The van der Waals surface area contributed by atoms with Crippen LogP contribution in [-0.4, -0.2) is 43.9 Å². The van der Waals surface area contributed by atoms with Crippen LogP contribution in [-0.2, 0) is 9.47 Å². The molecule has 0 bridgehead atoms. The molecule has 1 amide bonds. The summed E-state index contributed by atoms with van der Waals surface area (Å²) in [5.41, 5.74) is 1.00. The Morgan fingerprint density at radius 1 is 1.25 bits per heavy atom. The van der Waals surface area contributed by atoms with Crippen molar-refractivity contribution in [1.29, 1.82) is 0 Å². The van der Waals surface area contributed by atoms with Crippen LogP contribution in [0, 0.1) is 12.7 Å². The van der Waals surface area contributed by atoms with Crippen LogP contribution in [0.1, 0.15) is 28.8 Å². The molecule has 5 heteroatoms. The van der Waals surface area contributed by atoms with Gasteiger partial charge < -0.3 is 14.4 Å². The maximum Gasteiger partial charge on any atom is 0.253 e. The van der Waals surface area contributed by atoms with Gasteiger partial charge in [-0.3, -0.25) is 4.79 Å². The molecule has 4 nitrogen and oxygen atoms in total. The molecule has 110 valence electrons. The summed E-state index contributed by atoms with van der Waals surface area (Å²) in [5.74, 6) is -0.956. The lowest BCUT2D eigenvalue weighted by Gasteiger charge is -2.39. The number of piperidine rings is 1. The third-order valence-corrected chi connectivity index (χ3v) is 3.96. The highest BCUT2D eigenvalue weighted by Gasteiger charge is 2.36. The van der Waals surface area contributed by atoms with E-state index in [1.807, 2.05) is 0 Å². The van der Waals surface area contributed by atoms with Gasteiger partial charge in [0.05, 0.1) is 0 Å². The number of hydrogen-bond acceptors (Lipinski definition) is 3. The summed E-state index contributed by atoms with van der Waals surface area (Å²) >= 11 is 0. The van der Waals surface area contributed by atoms with Gasteiger partial charge in [-0.05, 0) is 30.7 Å². The molecule has 1 fully saturated rings. The molecule has 0 N–H and O–H groups in total. The first kappa shape index (κ1) is 14.9. The average molecular weight is 281 g/mol.